The summed E-state index contributed by atoms with van der Waals surface area (Å²) in [6.07, 6.45) is 5.69. The molecule has 4 rings (SSSR count). The number of carbonyl (C=O) groups excluding carboxylic acids is 1. The monoisotopic (exact) mass is 344 g/mol. The fourth-order valence-corrected chi connectivity index (χ4v) is 2.96. The lowest BCUT2D eigenvalue weighted by molar-refractivity contribution is -0.117. The van der Waals surface area contributed by atoms with Gasteiger partial charge in [-0.3, -0.25) is 9.78 Å². The summed E-state index contributed by atoms with van der Waals surface area (Å²) in [6.45, 7) is 1.98. The molecule has 26 heavy (non-hydrogen) atoms. The van der Waals surface area contributed by atoms with E-state index in [1.807, 2.05) is 19.1 Å². The maximum atomic E-state index is 12.1. The lowest BCUT2D eigenvalue weighted by Crippen LogP contribution is -2.15. The number of aromatic nitrogens is 3. The molecule has 3 heterocycles. The van der Waals surface area contributed by atoms with Crippen LogP contribution < -0.4 is 11.1 Å². The number of nitrogen functional groups attached to an aromatic ring is 1. The number of nitrogens with two attached hydrogens (primary N) is 1. The smallest absolute Gasteiger partial charge is 0.230 e. The fraction of sp³-hybridized carbons (Fsp3) is 0.211. The van der Waals surface area contributed by atoms with Gasteiger partial charge in [-0.05, 0) is 42.5 Å². The van der Waals surface area contributed by atoms with Crippen LogP contribution in [0.3, 0.4) is 0 Å². The number of nitrogens with zero attached hydrogens (tertiary/aromatic N) is 4. The van der Waals surface area contributed by atoms with Crippen molar-refractivity contribution in [3.8, 4) is 17.3 Å². The van der Waals surface area contributed by atoms with E-state index in [4.69, 9.17) is 11.0 Å². The third-order valence-electron chi connectivity index (χ3n) is 4.60. The van der Waals surface area contributed by atoms with E-state index in [1.54, 1.807) is 24.7 Å². The van der Waals surface area contributed by atoms with E-state index >= 15 is 0 Å². The molecule has 3 aromatic rings. The molecule has 2 atom stereocenters. The van der Waals surface area contributed by atoms with E-state index in [1.165, 1.54) is 0 Å². The predicted molar refractivity (Wildman–Crippen MR) is 97.8 cm³/mol. The summed E-state index contributed by atoms with van der Waals surface area (Å²) < 4.78 is 0. The first kappa shape index (κ1) is 16.0. The standard InChI is InChI=1S/C19H16N6O/c1-10-2-3-22-8-14(10)16-5-11-6-17(23-9-15(11)18(21)24-16)25-19(26)13-4-12(13)7-20/h2-3,5-6,8-9,12-13H,4H2,1H3,(H2,21,24)(H,23,25,26)/t12-,13+/m0/s1. The van der Waals surface area contributed by atoms with Crippen molar-refractivity contribution in [2.75, 3.05) is 11.1 Å². The Morgan fingerprint density at radius 2 is 2.23 bits per heavy atom. The molecule has 3 aromatic heterocycles. The quantitative estimate of drug-likeness (QED) is 0.754. The van der Waals surface area contributed by atoms with Crippen molar-refractivity contribution in [1.82, 2.24) is 15.0 Å². The van der Waals surface area contributed by atoms with Crippen LogP contribution in [-0.4, -0.2) is 20.9 Å². The van der Waals surface area contributed by atoms with E-state index in [9.17, 15) is 4.79 Å². The van der Waals surface area contributed by atoms with Crippen LogP contribution in [-0.2, 0) is 4.79 Å². The number of nitrogens with one attached hydrogen (secondary N) is 1. The Morgan fingerprint density at radius 3 is 2.96 bits per heavy atom. The second-order valence-corrected chi connectivity index (χ2v) is 6.44. The zero-order valence-corrected chi connectivity index (χ0v) is 14.1. The van der Waals surface area contributed by atoms with Crippen molar-refractivity contribution in [2.24, 2.45) is 11.8 Å². The molecule has 128 valence electrons. The molecule has 1 amide bonds. The lowest BCUT2D eigenvalue weighted by atomic mass is 10.1. The number of amides is 1. The highest BCUT2D eigenvalue weighted by molar-refractivity contribution is 5.98. The summed E-state index contributed by atoms with van der Waals surface area (Å²) in [6, 6.07) is 7.70. The van der Waals surface area contributed by atoms with Crippen molar-refractivity contribution in [3.63, 3.8) is 0 Å². The Balaban J connectivity index is 1.70. The SMILES string of the molecule is Cc1ccncc1-c1cc2cc(NC(=O)[C@@H]3C[C@H]3C#N)ncc2c(N)n1. The Bertz CT molecular complexity index is 1070. The highest BCUT2D eigenvalue weighted by Gasteiger charge is 2.43. The molecule has 0 aliphatic heterocycles. The zero-order chi connectivity index (χ0) is 18.3. The molecule has 1 saturated carbocycles. The fourth-order valence-electron chi connectivity index (χ4n) is 2.96. The molecule has 1 aliphatic carbocycles. The molecule has 0 saturated heterocycles. The molecule has 0 aromatic carbocycles. The number of fused-ring (bicyclic) bond motifs is 1. The molecular formula is C19H16N6O. The number of hydrogen-bond donors (Lipinski definition) is 2. The highest BCUT2D eigenvalue weighted by Crippen LogP contribution is 2.38. The van der Waals surface area contributed by atoms with Crippen molar-refractivity contribution in [1.29, 1.82) is 5.26 Å². The average molecular weight is 344 g/mol. The topological polar surface area (TPSA) is 118 Å². The van der Waals surface area contributed by atoms with Gasteiger partial charge in [-0.1, -0.05) is 0 Å². The molecule has 7 heteroatoms. The van der Waals surface area contributed by atoms with E-state index in [0.717, 1.165) is 27.6 Å². The van der Waals surface area contributed by atoms with Gasteiger partial charge in [0.1, 0.15) is 11.6 Å². The van der Waals surface area contributed by atoms with Crippen LogP contribution in [0.25, 0.3) is 22.0 Å². The van der Waals surface area contributed by atoms with Gasteiger partial charge in [0.05, 0.1) is 23.6 Å². The molecule has 0 spiro atoms. The molecule has 1 fully saturated rings. The number of nitriles is 1. The zero-order valence-electron chi connectivity index (χ0n) is 14.1. The third-order valence-corrected chi connectivity index (χ3v) is 4.60. The van der Waals surface area contributed by atoms with Crippen LogP contribution >= 0.6 is 0 Å². The molecule has 1 aliphatic rings. The maximum absolute atomic E-state index is 12.1. The van der Waals surface area contributed by atoms with Crippen molar-refractivity contribution in [3.05, 3.63) is 42.4 Å². The van der Waals surface area contributed by atoms with Crippen LogP contribution in [0.4, 0.5) is 11.6 Å². The Kier molecular flexibility index (Phi) is 3.73. The summed E-state index contributed by atoms with van der Waals surface area (Å²) >= 11 is 0. The Morgan fingerprint density at radius 1 is 1.38 bits per heavy atom. The van der Waals surface area contributed by atoms with Gasteiger partial charge in [0.2, 0.25) is 5.91 Å². The summed E-state index contributed by atoms with van der Waals surface area (Å²) in [5.41, 5.74) is 8.76. The van der Waals surface area contributed by atoms with E-state index in [0.29, 0.717) is 18.1 Å². The number of pyridine rings is 3. The first-order valence-electron chi connectivity index (χ1n) is 8.24. The molecule has 0 radical (unpaired) electrons. The van der Waals surface area contributed by atoms with Crippen LogP contribution in [0, 0.1) is 30.1 Å². The first-order chi connectivity index (χ1) is 12.6. The van der Waals surface area contributed by atoms with Gasteiger partial charge in [-0.25, -0.2) is 9.97 Å². The van der Waals surface area contributed by atoms with Gasteiger partial charge >= 0.3 is 0 Å². The normalized spacial score (nSPS) is 18.3. The first-order valence-corrected chi connectivity index (χ1v) is 8.24. The molecule has 3 N–H and O–H groups in total. The van der Waals surface area contributed by atoms with Crippen molar-refractivity contribution in [2.45, 2.75) is 13.3 Å². The van der Waals surface area contributed by atoms with Gasteiger partial charge in [0, 0.05) is 29.5 Å². The summed E-state index contributed by atoms with van der Waals surface area (Å²) in [5.74, 6) is 0.209. The Hall–Kier alpha value is -3.53. The molecular weight excluding hydrogens is 328 g/mol. The van der Waals surface area contributed by atoms with Crippen molar-refractivity contribution >= 4 is 28.3 Å². The molecule has 0 unspecified atom stereocenters. The van der Waals surface area contributed by atoms with E-state index < -0.39 is 0 Å². The van der Waals surface area contributed by atoms with E-state index in [2.05, 4.69) is 26.3 Å². The summed E-state index contributed by atoms with van der Waals surface area (Å²) in [4.78, 5) is 25.0. The summed E-state index contributed by atoms with van der Waals surface area (Å²) in [5, 5.41) is 13.2. The maximum Gasteiger partial charge on any atom is 0.230 e. The van der Waals surface area contributed by atoms with Gasteiger partial charge in [-0.2, -0.15) is 5.26 Å². The average Bonchev–Trinajstić information content (AvgIpc) is 3.42. The second kappa shape index (κ2) is 6.08. The van der Waals surface area contributed by atoms with E-state index in [-0.39, 0.29) is 17.7 Å². The van der Waals surface area contributed by atoms with Crippen LogP contribution in [0.1, 0.15) is 12.0 Å². The lowest BCUT2D eigenvalue weighted by Gasteiger charge is -2.10. The number of anilines is 2. The van der Waals surface area contributed by atoms with Gasteiger partial charge < -0.3 is 11.1 Å². The number of carbonyl (C=O) groups is 1. The summed E-state index contributed by atoms with van der Waals surface area (Å²) in [7, 11) is 0. The highest BCUT2D eigenvalue weighted by atomic mass is 16.2. The largest absolute Gasteiger partial charge is 0.383 e. The van der Waals surface area contributed by atoms with Gasteiger partial charge in [-0.15, -0.1) is 0 Å². The minimum Gasteiger partial charge on any atom is -0.383 e. The number of aryl methyl sites for hydroxylation is 1. The second-order valence-electron chi connectivity index (χ2n) is 6.44. The minimum absolute atomic E-state index is 0.172. The van der Waals surface area contributed by atoms with Crippen LogP contribution in [0.15, 0.2) is 36.8 Å². The third kappa shape index (κ3) is 2.82. The number of rotatable bonds is 3. The Labute approximate surface area is 149 Å². The molecule has 0 bridgehead atoms. The number of hydrogen-bond acceptors (Lipinski definition) is 6. The van der Waals surface area contributed by atoms with Crippen LogP contribution in [0.2, 0.25) is 0 Å². The van der Waals surface area contributed by atoms with Gasteiger partial charge in [0.25, 0.3) is 0 Å². The van der Waals surface area contributed by atoms with Crippen molar-refractivity contribution < 1.29 is 4.79 Å². The van der Waals surface area contributed by atoms with Crippen LogP contribution in [0.5, 0.6) is 0 Å². The molecule has 7 nitrogen and oxygen atoms in total. The van der Waals surface area contributed by atoms with Gasteiger partial charge in [0.15, 0.2) is 0 Å². The predicted octanol–water partition coefficient (Wildman–Crippen LogP) is 2.68. The minimum atomic E-state index is -0.242.